The molecule has 1 atom stereocenters. The van der Waals surface area contributed by atoms with Crippen molar-refractivity contribution < 1.29 is 4.74 Å². The molecule has 0 fully saturated rings. The van der Waals surface area contributed by atoms with E-state index in [4.69, 9.17) is 4.74 Å². The van der Waals surface area contributed by atoms with Gasteiger partial charge in [-0.1, -0.05) is 29.5 Å². The highest BCUT2D eigenvalue weighted by molar-refractivity contribution is 5.74. The van der Waals surface area contributed by atoms with Crippen molar-refractivity contribution in [3.8, 4) is 0 Å². The zero-order chi connectivity index (χ0) is 14.2. The van der Waals surface area contributed by atoms with Crippen LogP contribution in [0.1, 0.15) is 6.35 Å². The quantitative estimate of drug-likeness (QED) is 0.572. The van der Waals surface area contributed by atoms with Gasteiger partial charge in [-0.05, 0) is 24.3 Å². The summed E-state index contributed by atoms with van der Waals surface area (Å²) in [6.45, 7) is 0. The lowest BCUT2D eigenvalue weighted by Crippen LogP contribution is -2.23. The van der Waals surface area contributed by atoms with Crippen molar-refractivity contribution in [3.63, 3.8) is 0 Å². The van der Waals surface area contributed by atoms with Crippen LogP contribution in [0.5, 0.6) is 0 Å². The molecule has 0 amide bonds. The van der Waals surface area contributed by atoms with Gasteiger partial charge in [0.25, 0.3) is 6.35 Å². The summed E-state index contributed by atoms with van der Waals surface area (Å²) in [6.07, 6.45) is -0.579. The predicted octanol–water partition coefficient (Wildman–Crippen LogP) is 1.83. The van der Waals surface area contributed by atoms with Gasteiger partial charge in [-0.2, -0.15) is 4.68 Å². The molecule has 0 bridgehead atoms. The first-order valence-electron chi connectivity index (χ1n) is 6.51. The van der Waals surface area contributed by atoms with Crippen LogP contribution >= 0.6 is 0 Å². The maximum Gasteiger partial charge on any atom is 0.268 e. The number of hydrogen-bond acceptors (Lipinski definition) is 5. The minimum absolute atomic E-state index is 0.579. The SMILES string of the molecule is COC(n1nc2ccccc2n1)n1nnc2ccccc21. The highest BCUT2D eigenvalue weighted by atomic mass is 16.5. The molecule has 7 nitrogen and oxygen atoms in total. The van der Waals surface area contributed by atoms with Gasteiger partial charge in [-0.15, -0.1) is 20.1 Å². The van der Waals surface area contributed by atoms with E-state index < -0.39 is 6.35 Å². The molecule has 0 aliphatic rings. The van der Waals surface area contributed by atoms with Crippen LogP contribution in [0.3, 0.4) is 0 Å². The summed E-state index contributed by atoms with van der Waals surface area (Å²) in [4.78, 5) is 1.51. The van der Waals surface area contributed by atoms with Crippen LogP contribution < -0.4 is 0 Å². The number of hydrogen-bond donors (Lipinski definition) is 0. The minimum Gasteiger partial charge on any atom is -0.340 e. The summed E-state index contributed by atoms with van der Waals surface area (Å²) in [7, 11) is 1.59. The third-order valence-corrected chi connectivity index (χ3v) is 3.30. The molecule has 2 heterocycles. The molecule has 0 spiro atoms. The number of benzene rings is 2. The van der Waals surface area contributed by atoms with Gasteiger partial charge in [0.1, 0.15) is 16.6 Å². The van der Waals surface area contributed by atoms with Crippen molar-refractivity contribution in [2.75, 3.05) is 7.11 Å². The van der Waals surface area contributed by atoms with E-state index >= 15 is 0 Å². The molecule has 0 saturated carbocycles. The van der Waals surface area contributed by atoms with Crippen LogP contribution in [0.2, 0.25) is 0 Å². The van der Waals surface area contributed by atoms with Crippen molar-refractivity contribution in [3.05, 3.63) is 48.5 Å². The second-order valence-corrected chi connectivity index (χ2v) is 4.59. The predicted molar refractivity (Wildman–Crippen MR) is 76.5 cm³/mol. The highest BCUT2D eigenvalue weighted by Crippen LogP contribution is 2.18. The number of para-hydroxylation sites is 1. The summed E-state index contributed by atoms with van der Waals surface area (Å²) in [5.74, 6) is 0. The largest absolute Gasteiger partial charge is 0.340 e. The van der Waals surface area contributed by atoms with Crippen molar-refractivity contribution in [2.24, 2.45) is 0 Å². The number of aromatic nitrogens is 6. The molecular formula is C14H12N6O. The van der Waals surface area contributed by atoms with Crippen molar-refractivity contribution in [1.82, 2.24) is 30.0 Å². The maximum absolute atomic E-state index is 5.52. The van der Waals surface area contributed by atoms with Crippen LogP contribution in [-0.4, -0.2) is 37.1 Å². The second kappa shape index (κ2) is 4.64. The molecule has 0 aliphatic carbocycles. The number of ether oxygens (including phenoxy) is 1. The summed E-state index contributed by atoms with van der Waals surface area (Å²) in [5.41, 5.74) is 3.29. The first-order chi connectivity index (χ1) is 10.4. The van der Waals surface area contributed by atoms with E-state index in [9.17, 15) is 0 Å². The lowest BCUT2D eigenvalue weighted by atomic mass is 10.3. The zero-order valence-corrected chi connectivity index (χ0v) is 11.3. The molecule has 4 aromatic rings. The molecule has 7 heteroatoms. The van der Waals surface area contributed by atoms with Crippen LogP contribution in [0, 0.1) is 0 Å². The monoisotopic (exact) mass is 280 g/mol. The van der Waals surface area contributed by atoms with E-state index in [1.807, 2.05) is 48.5 Å². The fourth-order valence-corrected chi connectivity index (χ4v) is 2.32. The third-order valence-electron chi connectivity index (χ3n) is 3.30. The standard InChI is InChI=1S/C14H12N6O/c1-21-14(19-13-9-5-4-8-12(13)15-18-19)20-16-10-6-2-3-7-11(10)17-20/h2-9,14H,1H3. The van der Waals surface area contributed by atoms with Crippen LogP contribution in [0.4, 0.5) is 0 Å². The Morgan fingerprint density at radius 1 is 0.905 bits per heavy atom. The molecule has 1 unspecified atom stereocenters. The number of fused-ring (bicyclic) bond motifs is 2. The first kappa shape index (κ1) is 12.0. The third kappa shape index (κ3) is 1.86. The number of methoxy groups -OCH3 is 1. The van der Waals surface area contributed by atoms with Gasteiger partial charge in [-0.25, -0.2) is 0 Å². The summed E-state index contributed by atoms with van der Waals surface area (Å²) >= 11 is 0. The maximum atomic E-state index is 5.52. The Morgan fingerprint density at radius 2 is 1.52 bits per heavy atom. The van der Waals surface area contributed by atoms with Gasteiger partial charge in [0.15, 0.2) is 0 Å². The summed E-state index contributed by atoms with van der Waals surface area (Å²) < 4.78 is 7.18. The fraction of sp³-hybridized carbons (Fsp3) is 0.143. The van der Waals surface area contributed by atoms with Gasteiger partial charge < -0.3 is 4.74 Å². The summed E-state index contributed by atoms with van der Waals surface area (Å²) in [5, 5.41) is 17.2. The Labute approximate surface area is 119 Å². The molecule has 4 rings (SSSR count). The zero-order valence-electron chi connectivity index (χ0n) is 11.3. The number of nitrogens with zero attached hydrogens (tertiary/aromatic N) is 6. The van der Waals surface area contributed by atoms with Crippen molar-refractivity contribution >= 4 is 22.1 Å². The van der Waals surface area contributed by atoms with Gasteiger partial charge in [0.2, 0.25) is 0 Å². The Hall–Kier alpha value is -2.80. The van der Waals surface area contributed by atoms with E-state index in [0.29, 0.717) is 0 Å². The van der Waals surface area contributed by atoms with E-state index in [0.717, 1.165) is 22.1 Å². The fourth-order valence-electron chi connectivity index (χ4n) is 2.32. The molecular weight excluding hydrogens is 268 g/mol. The van der Waals surface area contributed by atoms with Crippen LogP contribution in [0.15, 0.2) is 48.5 Å². The van der Waals surface area contributed by atoms with Crippen LogP contribution in [0.25, 0.3) is 22.1 Å². The van der Waals surface area contributed by atoms with Crippen LogP contribution in [-0.2, 0) is 4.74 Å². The topological polar surface area (TPSA) is 70.7 Å². The molecule has 0 aliphatic heterocycles. The molecule has 2 aromatic heterocycles. The summed E-state index contributed by atoms with van der Waals surface area (Å²) in [6, 6.07) is 15.4. The molecule has 0 saturated heterocycles. The average molecular weight is 280 g/mol. The second-order valence-electron chi connectivity index (χ2n) is 4.59. The van der Waals surface area contributed by atoms with Gasteiger partial charge in [-0.3, -0.25) is 0 Å². The van der Waals surface area contributed by atoms with Gasteiger partial charge in [0, 0.05) is 7.11 Å². The van der Waals surface area contributed by atoms with E-state index in [1.165, 1.54) is 4.80 Å². The smallest absolute Gasteiger partial charge is 0.268 e. The highest BCUT2D eigenvalue weighted by Gasteiger charge is 2.19. The molecule has 0 N–H and O–H groups in total. The Morgan fingerprint density at radius 3 is 2.19 bits per heavy atom. The molecule has 0 radical (unpaired) electrons. The van der Waals surface area contributed by atoms with Crippen molar-refractivity contribution in [1.29, 1.82) is 0 Å². The Balaban J connectivity index is 1.87. The van der Waals surface area contributed by atoms with E-state index in [1.54, 1.807) is 11.8 Å². The Bertz CT molecular complexity index is 879. The van der Waals surface area contributed by atoms with E-state index in [2.05, 4.69) is 20.5 Å². The lowest BCUT2D eigenvalue weighted by Gasteiger charge is -2.14. The normalized spacial score (nSPS) is 13.0. The van der Waals surface area contributed by atoms with Gasteiger partial charge >= 0.3 is 0 Å². The first-order valence-corrected chi connectivity index (χ1v) is 6.51. The Kier molecular flexibility index (Phi) is 2.65. The average Bonchev–Trinajstić information content (AvgIpc) is 3.13. The molecule has 21 heavy (non-hydrogen) atoms. The molecule has 104 valence electrons. The number of rotatable bonds is 3. The lowest BCUT2D eigenvalue weighted by molar-refractivity contribution is -0.00822. The van der Waals surface area contributed by atoms with Gasteiger partial charge in [0.05, 0.1) is 5.52 Å². The van der Waals surface area contributed by atoms with Crippen molar-refractivity contribution in [2.45, 2.75) is 6.35 Å². The van der Waals surface area contributed by atoms with E-state index in [-0.39, 0.29) is 0 Å². The minimum atomic E-state index is -0.579. The molecule has 2 aromatic carbocycles.